The molecule has 11 heavy (non-hydrogen) atoms. The number of hydrogen-bond donors (Lipinski definition) is 0. The second-order valence-corrected chi connectivity index (χ2v) is 3.19. The molecule has 0 amide bonds. The van der Waals surface area contributed by atoms with Crippen molar-refractivity contribution in [3.05, 3.63) is 28.8 Å². The second-order valence-electron chi connectivity index (χ2n) is 2.81. The Morgan fingerprint density at radius 1 is 1.45 bits per heavy atom. The highest BCUT2D eigenvalue weighted by Gasteiger charge is 2.25. The zero-order chi connectivity index (χ0) is 7.84. The first-order valence-electron chi connectivity index (χ1n) is 3.59. The molecule has 0 unspecified atom stereocenters. The first-order chi connectivity index (χ1) is 5.25. The van der Waals surface area contributed by atoms with Crippen LogP contribution in [0.25, 0.3) is 0 Å². The van der Waals surface area contributed by atoms with Crippen LogP contribution in [0.2, 0.25) is 5.15 Å². The van der Waals surface area contributed by atoms with Gasteiger partial charge in [-0.2, -0.15) is 0 Å². The molecular weight excluding hydrogens is 165 g/mol. The van der Waals surface area contributed by atoms with Crippen LogP contribution in [0.4, 0.5) is 4.39 Å². The third-order valence-electron chi connectivity index (χ3n) is 1.77. The minimum absolute atomic E-state index is 0.256. The van der Waals surface area contributed by atoms with Crippen molar-refractivity contribution in [1.29, 1.82) is 0 Å². The maximum absolute atomic E-state index is 12.7. The van der Waals surface area contributed by atoms with Crippen molar-refractivity contribution in [3.8, 4) is 0 Å². The highest BCUT2D eigenvalue weighted by atomic mass is 35.5. The van der Waals surface area contributed by atoms with Gasteiger partial charge in [-0.05, 0) is 18.9 Å². The molecule has 1 saturated carbocycles. The van der Waals surface area contributed by atoms with E-state index in [2.05, 4.69) is 4.98 Å². The molecule has 2 rings (SSSR count). The lowest BCUT2D eigenvalue weighted by Gasteiger charge is -1.97. The molecule has 0 saturated heterocycles. The fourth-order valence-electron chi connectivity index (χ4n) is 1.07. The monoisotopic (exact) mass is 171 g/mol. The van der Waals surface area contributed by atoms with Gasteiger partial charge in [0.1, 0.15) is 11.0 Å². The highest BCUT2D eigenvalue weighted by molar-refractivity contribution is 6.29. The molecule has 1 heterocycles. The lowest BCUT2D eigenvalue weighted by Crippen LogP contribution is -1.88. The van der Waals surface area contributed by atoms with E-state index >= 15 is 0 Å². The number of aromatic nitrogens is 1. The summed E-state index contributed by atoms with van der Waals surface area (Å²) in [7, 11) is 0. The summed E-state index contributed by atoms with van der Waals surface area (Å²) >= 11 is 5.57. The summed E-state index contributed by atoms with van der Waals surface area (Å²) in [5.41, 5.74) is 0.801. The molecule has 0 N–H and O–H groups in total. The minimum Gasteiger partial charge on any atom is -0.241 e. The molecule has 0 bridgehead atoms. The van der Waals surface area contributed by atoms with E-state index in [1.54, 1.807) is 0 Å². The Morgan fingerprint density at radius 3 is 2.73 bits per heavy atom. The van der Waals surface area contributed by atoms with E-state index in [4.69, 9.17) is 11.6 Å². The molecular formula is C8H7ClFN. The summed E-state index contributed by atoms with van der Waals surface area (Å²) < 4.78 is 12.7. The van der Waals surface area contributed by atoms with Crippen LogP contribution < -0.4 is 0 Å². The van der Waals surface area contributed by atoms with Crippen molar-refractivity contribution >= 4 is 11.6 Å². The van der Waals surface area contributed by atoms with Gasteiger partial charge in [-0.25, -0.2) is 9.37 Å². The molecule has 3 heteroatoms. The molecule has 1 aromatic heterocycles. The van der Waals surface area contributed by atoms with E-state index < -0.39 is 0 Å². The Balaban J connectivity index is 2.39. The molecule has 0 spiro atoms. The fourth-order valence-corrected chi connectivity index (χ4v) is 1.27. The summed E-state index contributed by atoms with van der Waals surface area (Å²) in [4.78, 5) is 4.02. The van der Waals surface area contributed by atoms with Gasteiger partial charge in [0.15, 0.2) is 0 Å². The summed E-state index contributed by atoms with van der Waals surface area (Å²) in [5, 5.41) is 0.256. The number of hydrogen-bond acceptors (Lipinski definition) is 1. The van der Waals surface area contributed by atoms with Crippen molar-refractivity contribution in [1.82, 2.24) is 4.98 Å². The molecule has 1 fully saturated rings. The third kappa shape index (κ3) is 1.51. The van der Waals surface area contributed by atoms with Gasteiger partial charge in [-0.1, -0.05) is 11.6 Å². The third-order valence-corrected chi connectivity index (χ3v) is 1.97. The Labute approximate surface area is 69.2 Å². The average Bonchev–Trinajstić information content (AvgIpc) is 2.64. The maximum Gasteiger partial charge on any atom is 0.132 e. The van der Waals surface area contributed by atoms with Crippen molar-refractivity contribution in [3.63, 3.8) is 0 Å². The van der Waals surface area contributed by atoms with Crippen LogP contribution in [-0.2, 0) is 0 Å². The summed E-state index contributed by atoms with van der Waals surface area (Å²) in [5.74, 6) is 0.176. The molecule has 1 nitrogen and oxygen atoms in total. The molecule has 1 aliphatic carbocycles. The zero-order valence-electron chi connectivity index (χ0n) is 5.85. The second kappa shape index (κ2) is 2.45. The number of halogens is 2. The lowest BCUT2D eigenvalue weighted by atomic mass is 10.2. The Kier molecular flexibility index (Phi) is 1.57. The molecule has 0 aromatic carbocycles. The minimum atomic E-state index is -0.285. The van der Waals surface area contributed by atoms with Crippen LogP contribution in [0.1, 0.15) is 24.5 Å². The van der Waals surface area contributed by atoms with Crippen molar-refractivity contribution < 1.29 is 4.39 Å². The largest absolute Gasteiger partial charge is 0.241 e. The van der Waals surface area contributed by atoms with Gasteiger partial charge in [-0.3, -0.25) is 0 Å². The molecule has 0 aliphatic heterocycles. The first kappa shape index (κ1) is 7.04. The Bertz CT molecular complexity index is 263. The zero-order valence-corrected chi connectivity index (χ0v) is 6.61. The standard InChI is InChI=1S/C8H7ClFN/c9-8-4-6(10)3-7(11-8)5-1-2-5/h3-5H,1-2H2. The van der Waals surface area contributed by atoms with E-state index in [0.29, 0.717) is 5.92 Å². The Hall–Kier alpha value is -0.630. The van der Waals surface area contributed by atoms with E-state index in [0.717, 1.165) is 18.5 Å². The van der Waals surface area contributed by atoms with Crippen LogP contribution in [0, 0.1) is 5.82 Å². The van der Waals surface area contributed by atoms with Crippen LogP contribution >= 0.6 is 11.6 Å². The summed E-state index contributed by atoms with van der Waals surface area (Å²) in [6, 6.07) is 2.69. The van der Waals surface area contributed by atoms with Crippen molar-refractivity contribution in [2.75, 3.05) is 0 Å². The predicted molar refractivity (Wildman–Crippen MR) is 41.2 cm³/mol. The van der Waals surface area contributed by atoms with Gasteiger partial charge in [-0.15, -0.1) is 0 Å². The van der Waals surface area contributed by atoms with Crippen LogP contribution in [0.15, 0.2) is 12.1 Å². The fraction of sp³-hybridized carbons (Fsp3) is 0.375. The summed E-state index contributed by atoms with van der Waals surface area (Å²) in [6.07, 6.45) is 2.24. The van der Waals surface area contributed by atoms with Crippen molar-refractivity contribution in [2.24, 2.45) is 0 Å². The normalized spacial score (nSPS) is 16.9. The van der Waals surface area contributed by atoms with Gasteiger partial charge in [0.25, 0.3) is 0 Å². The lowest BCUT2D eigenvalue weighted by molar-refractivity contribution is 0.622. The SMILES string of the molecule is Fc1cc(Cl)nc(C2CC2)c1. The van der Waals surface area contributed by atoms with E-state index in [1.165, 1.54) is 12.1 Å². The maximum atomic E-state index is 12.7. The van der Waals surface area contributed by atoms with Gasteiger partial charge in [0.2, 0.25) is 0 Å². The topological polar surface area (TPSA) is 12.9 Å². The predicted octanol–water partition coefficient (Wildman–Crippen LogP) is 2.75. The number of pyridine rings is 1. The van der Waals surface area contributed by atoms with Crippen molar-refractivity contribution in [2.45, 2.75) is 18.8 Å². The Morgan fingerprint density at radius 2 is 2.18 bits per heavy atom. The van der Waals surface area contributed by atoms with Crippen LogP contribution in [0.5, 0.6) is 0 Å². The quantitative estimate of drug-likeness (QED) is 0.592. The van der Waals surface area contributed by atoms with E-state index in [9.17, 15) is 4.39 Å². The van der Waals surface area contributed by atoms with E-state index in [-0.39, 0.29) is 11.0 Å². The van der Waals surface area contributed by atoms with Gasteiger partial charge >= 0.3 is 0 Å². The smallest absolute Gasteiger partial charge is 0.132 e. The van der Waals surface area contributed by atoms with Crippen LogP contribution in [-0.4, -0.2) is 4.98 Å². The number of nitrogens with zero attached hydrogens (tertiary/aromatic N) is 1. The average molecular weight is 172 g/mol. The molecule has 1 aromatic rings. The van der Waals surface area contributed by atoms with Gasteiger partial charge in [0.05, 0.1) is 0 Å². The molecule has 0 atom stereocenters. The molecule has 58 valence electrons. The molecule has 0 radical (unpaired) electrons. The van der Waals surface area contributed by atoms with Gasteiger partial charge in [0, 0.05) is 17.7 Å². The first-order valence-corrected chi connectivity index (χ1v) is 3.96. The number of rotatable bonds is 1. The van der Waals surface area contributed by atoms with E-state index in [1.807, 2.05) is 0 Å². The highest BCUT2D eigenvalue weighted by Crippen LogP contribution is 2.39. The van der Waals surface area contributed by atoms with Crippen LogP contribution in [0.3, 0.4) is 0 Å². The summed E-state index contributed by atoms with van der Waals surface area (Å²) in [6.45, 7) is 0. The molecule has 1 aliphatic rings. The van der Waals surface area contributed by atoms with Gasteiger partial charge < -0.3 is 0 Å².